The van der Waals surface area contributed by atoms with Crippen molar-refractivity contribution < 1.29 is 5.11 Å². The third-order valence-electron chi connectivity index (χ3n) is 3.82. The van der Waals surface area contributed by atoms with Gasteiger partial charge in [-0.2, -0.15) is 0 Å². The largest absolute Gasteiger partial charge is 0.395 e. The van der Waals surface area contributed by atoms with E-state index in [-0.39, 0.29) is 12.0 Å². The second-order valence-corrected chi connectivity index (χ2v) is 5.67. The van der Waals surface area contributed by atoms with E-state index in [4.69, 9.17) is 0 Å². The molecule has 2 N–H and O–H groups in total. The van der Waals surface area contributed by atoms with Gasteiger partial charge in [0.15, 0.2) is 0 Å². The van der Waals surface area contributed by atoms with E-state index in [1.807, 2.05) is 0 Å². The third-order valence-corrected chi connectivity index (χ3v) is 3.82. The maximum absolute atomic E-state index is 9.55. The number of hydrogen-bond donors (Lipinski definition) is 2. The van der Waals surface area contributed by atoms with Gasteiger partial charge in [-0.1, -0.05) is 38.1 Å². The van der Waals surface area contributed by atoms with Crippen LogP contribution in [-0.2, 0) is 5.41 Å². The summed E-state index contributed by atoms with van der Waals surface area (Å²) in [4.78, 5) is 0. The number of nitrogens with one attached hydrogen (secondary N) is 1. The number of benzene rings is 1. The fraction of sp³-hybridized carbons (Fsp3) is 0.600. The molecular weight excluding hydrogens is 210 g/mol. The Bertz CT molecular complexity index is 367. The van der Waals surface area contributed by atoms with Crippen LogP contribution in [0.4, 0.5) is 0 Å². The van der Waals surface area contributed by atoms with Crippen LogP contribution in [0, 0.1) is 0 Å². The molecule has 0 aliphatic carbocycles. The average molecular weight is 233 g/mol. The molecule has 2 nitrogen and oxygen atoms in total. The van der Waals surface area contributed by atoms with Gasteiger partial charge in [-0.15, -0.1) is 0 Å². The van der Waals surface area contributed by atoms with E-state index in [0.717, 1.165) is 13.1 Å². The molecule has 94 valence electrons. The second kappa shape index (κ2) is 5.19. The van der Waals surface area contributed by atoms with Crippen LogP contribution in [0.5, 0.6) is 0 Å². The minimum absolute atomic E-state index is 0.145. The van der Waals surface area contributed by atoms with Crippen LogP contribution in [0.1, 0.15) is 43.7 Å². The molecule has 0 amide bonds. The lowest BCUT2D eigenvalue weighted by Crippen LogP contribution is -2.31. The Balaban J connectivity index is 2.33. The lowest BCUT2D eigenvalue weighted by molar-refractivity contribution is 0.217. The van der Waals surface area contributed by atoms with Gasteiger partial charge in [-0.25, -0.2) is 0 Å². The first kappa shape index (κ1) is 12.6. The summed E-state index contributed by atoms with van der Waals surface area (Å²) in [6, 6.07) is 8.58. The predicted molar refractivity (Wildman–Crippen MR) is 71.4 cm³/mol. The molecule has 2 heteroatoms. The summed E-state index contributed by atoms with van der Waals surface area (Å²) in [5.41, 5.74) is 2.57. The van der Waals surface area contributed by atoms with Gasteiger partial charge in [0, 0.05) is 12.0 Å². The smallest absolute Gasteiger partial charge is 0.0522 e. The highest BCUT2D eigenvalue weighted by molar-refractivity contribution is 5.36. The van der Waals surface area contributed by atoms with Gasteiger partial charge in [0.05, 0.1) is 6.61 Å². The molecule has 1 aliphatic rings. The first-order chi connectivity index (χ1) is 8.15. The lowest BCUT2D eigenvalue weighted by atomic mass is 9.77. The topological polar surface area (TPSA) is 32.3 Å². The standard InChI is InChI=1S/C15H23NO/c1-15(2,11-17)14-8-4-3-7-13(14)12-6-5-9-16-10-12/h3-4,7-8,12,16-17H,5-6,9-11H2,1-2H3. The lowest BCUT2D eigenvalue weighted by Gasteiger charge is -2.31. The SMILES string of the molecule is CC(C)(CO)c1ccccc1C1CCCNC1. The highest BCUT2D eigenvalue weighted by atomic mass is 16.3. The summed E-state index contributed by atoms with van der Waals surface area (Å²) in [6.07, 6.45) is 2.50. The monoisotopic (exact) mass is 233 g/mol. The minimum Gasteiger partial charge on any atom is -0.395 e. The van der Waals surface area contributed by atoms with Crippen LogP contribution in [-0.4, -0.2) is 24.8 Å². The van der Waals surface area contributed by atoms with Gasteiger partial charge in [0.25, 0.3) is 0 Å². The summed E-state index contributed by atoms with van der Waals surface area (Å²) in [5, 5.41) is 13.0. The van der Waals surface area contributed by atoms with Crippen molar-refractivity contribution in [2.45, 2.75) is 38.0 Å². The van der Waals surface area contributed by atoms with Crippen molar-refractivity contribution in [2.75, 3.05) is 19.7 Å². The van der Waals surface area contributed by atoms with Crippen LogP contribution < -0.4 is 5.32 Å². The van der Waals surface area contributed by atoms with Gasteiger partial charge in [0.2, 0.25) is 0 Å². The summed E-state index contributed by atoms with van der Waals surface area (Å²) < 4.78 is 0. The zero-order chi connectivity index (χ0) is 12.3. The Labute approximate surface area is 104 Å². The van der Waals surface area contributed by atoms with Crippen LogP contribution in [0.3, 0.4) is 0 Å². The van der Waals surface area contributed by atoms with Crippen LogP contribution in [0.15, 0.2) is 24.3 Å². The van der Waals surface area contributed by atoms with E-state index in [0.29, 0.717) is 5.92 Å². The van der Waals surface area contributed by atoms with E-state index in [2.05, 4.69) is 43.4 Å². The molecule has 1 aromatic rings. The fourth-order valence-corrected chi connectivity index (χ4v) is 2.67. The van der Waals surface area contributed by atoms with Crippen LogP contribution in [0.25, 0.3) is 0 Å². The second-order valence-electron chi connectivity index (χ2n) is 5.67. The fourth-order valence-electron chi connectivity index (χ4n) is 2.67. The van der Waals surface area contributed by atoms with Crippen molar-refractivity contribution in [2.24, 2.45) is 0 Å². The Morgan fingerprint density at radius 3 is 2.76 bits per heavy atom. The maximum atomic E-state index is 9.55. The first-order valence-corrected chi connectivity index (χ1v) is 6.56. The number of piperidine rings is 1. The number of rotatable bonds is 3. The van der Waals surface area contributed by atoms with Gasteiger partial charge in [-0.05, 0) is 36.4 Å². The highest BCUT2D eigenvalue weighted by Crippen LogP contribution is 2.33. The Hall–Kier alpha value is -0.860. The maximum Gasteiger partial charge on any atom is 0.0522 e. The van der Waals surface area contributed by atoms with Crippen molar-refractivity contribution in [3.63, 3.8) is 0 Å². The van der Waals surface area contributed by atoms with Gasteiger partial charge >= 0.3 is 0 Å². The summed E-state index contributed by atoms with van der Waals surface area (Å²) in [5.74, 6) is 0.603. The molecular formula is C15H23NO. The average Bonchev–Trinajstić information content (AvgIpc) is 2.40. The van der Waals surface area contributed by atoms with E-state index < -0.39 is 0 Å². The predicted octanol–water partition coefficient (Wildman–Crippen LogP) is 2.42. The van der Waals surface area contributed by atoms with Gasteiger partial charge < -0.3 is 10.4 Å². The van der Waals surface area contributed by atoms with Crippen molar-refractivity contribution in [3.8, 4) is 0 Å². The van der Waals surface area contributed by atoms with E-state index in [9.17, 15) is 5.11 Å². The van der Waals surface area contributed by atoms with Crippen molar-refractivity contribution in [1.29, 1.82) is 0 Å². The first-order valence-electron chi connectivity index (χ1n) is 6.56. The molecule has 1 aromatic carbocycles. The zero-order valence-corrected chi connectivity index (χ0v) is 10.9. The molecule has 1 atom stereocenters. The Kier molecular flexibility index (Phi) is 3.85. The molecule has 1 unspecified atom stereocenters. The molecule has 2 rings (SSSR count). The summed E-state index contributed by atoms with van der Waals surface area (Å²) >= 11 is 0. The molecule has 0 saturated carbocycles. The van der Waals surface area contributed by atoms with E-state index in [1.165, 1.54) is 24.0 Å². The minimum atomic E-state index is -0.145. The number of hydrogen-bond acceptors (Lipinski definition) is 2. The number of aliphatic hydroxyl groups excluding tert-OH is 1. The van der Waals surface area contributed by atoms with E-state index in [1.54, 1.807) is 0 Å². The van der Waals surface area contributed by atoms with Gasteiger partial charge in [-0.3, -0.25) is 0 Å². The van der Waals surface area contributed by atoms with Crippen molar-refractivity contribution >= 4 is 0 Å². The molecule has 0 spiro atoms. The van der Waals surface area contributed by atoms with Gasteiger partial charge in [0.1, 0.15) is 0 Å². The van der Waals surface area contributed by atoms with Crippen LogP contribution in [0.2, 0.25) is 0 Å². The molecule has 17 heavy (non-hydrogen) atoms. The molecule has 0 aromatic heterocycles. The zero-order valence-electron chi connectivity index (χ0n) is 10.9. The number of aliphatic hydroxyl groups is 1. The Morgan fingerprint density at radius 2 is 2.12 bits per heavy atom. The van der Waals surface area contributed by atoms with Crippen molar-refractivity contribution in [3.05, 3.63) is 35.4 Å². The highest BCUT2D eigenvalue weighted by Gasteiger charge is 2.26. The molecule has 1 aliphatic heterocycles. The normalized spacial score (nSPS) is 21.5. The molecule has 1 heterocycles. The quantitative estimate of drug-likeness (QED) is 0.840. The molecule has 0 radical (unpaired) electrons. The van der Waals surface area contributed by atoms with E-state index >= 15 is 0 Å². The Morgan fingerprint density at radius 1 is 1.35 bits per heavy atom. The molecule has 1 saturated heterocycles. The van der Waals surface area contributed by atoms with Crippen LogP contribution >= 0.6 is 0 Å². The summed E-state index contributed by atoms with van der Waals surface area (Å²) in [6.45, 7) is 6.63. The third kappa shape index (κ3) is 2.70. The van der Waals surface area contributed by atoms with Crippen molar-refractivity contribution in [1.82, 2.24) is 5.32 Å². The molecule has 0 bridgehead atoms. The molecule has 1 fully saturated rings. The summed E-state index contributed by atoms with van der Waals surface area (Å²) in [7, 11) is 0.